The van der Waals surface area contributed by atoms with Crippen LogP contribution in [0.5, 0.6) is 0 Å². The highest BCUT2D eigenvalue weighted by Crippen LogP contribution is 2.24. The maximum Gasteiger partial charge on any atom is 0.256 e. The van der Waals surface area contributed by atoms with Crippen molar-refractivity contribution in [3.63, 3.8) is 0 Å². The molecule has 1 aliphatic rings. The largest absolute Gasteiger partial charge is 0.378 e. The van der Waals surface area contributed by atoms with Crippen LogP contribution in [-0.4, -0.2) is 53.4 Å². The Hall–Kier alpha value is -3.17. The molecular formula is C22H24N6O2S. The number of benzene rings is 1. The van der Waals surface area contributed by atoms with Gasteiger partial charge in [0.15, 0.2) is 5.16 Å². The van der Waals surface area contributed by atoms with Crippen LogP contribution < -0.4 is 15.5 Å². The zero-order valence-corrected chi connectivity index (χ0v) is 18.1. The molecule has 9 heteroatoms. The lowest BCUT2D eigenvalue weighted by Gasteiger charge is -2.29. The minimum absolute atomic E-state index is 0.239. The summed E-state index contributed by atoms with van der Waals surface area (Å²) in [6.45, 7) is 3.67. The van der Waals surface area contributed by atoms with Crippen LogP contribution in [0, 0.1) is 0 Å². The van der Waals surface area contributed by atoms with E-state index in [1.54, 1.807) is 18.6 Å². The van der Waals surface area contributed by atoms with Gasteiger partial charge in [0.25, 0.3) is 5.91 Å². The summed E-state index contributed by atoms with van der Waals surface area (Å²) < 4.78 is 5.42. The van der Waals surface area contributed by atoms with E-state index in [1.165, 1.54) is 11.8 Å². The fourth-order valence-electron chi connectivity index (χ4n) is 3.22. The van der Waals surface area contributed by atoms with Gasteiger partial charge in [-0.2, -0.15) is 0 Å². The van der Waals surface area contributed by atoms with E-state index < -0.39 is 0 Å². The van der Waals surface area contributed by atoms with E-state index in [2.05, 4.69) is 42.6 Å². The Morgan fingerprint density at radius 3 is 2.58 bits per heavy atom. The third-order valence-corrected chi connectivity index (χ3v) is 5.46. The van der Waals surface area contributed by atoms with E-state index in [0.29, 0.717) is 23.1 Å². The first-order valence-electron chi connectivity index (χ1n) is 10.0. The van der Waals surface area contributed by atoms with Gasteiger partial charge in [0.05, 0.1) is 13.2 Å². The summed E-state index contributed by atoms with van der Waals surface area (Å²) in [5.41, 5.74) is 3.37. The number of hydrogen-bond acceptors (Lipinski definition) is 8. The zero-order chi connectivity index (χ0) is 21.5. The summed E-state index contributed by atoms with van der Waals surface area (Å²) in [5.74, 6) is 0.239. The molecule has 4 rings (SSSR count). The molecule has 1 amide bonds. The van der Waals surface area contributed by atoms with Gasteiger partial charge in [-0.05, 0) is 48.2 Å². The van der Waals surface area contributed by atoms with Crippen molar-refractivity contribution in [1.82, 2.24) is 20.3 Å². The number of amides is 1. The molecule has 0 spiro atoms. The first kappa shape index (κ1) is 21.1. The number of hydrogen-bond donors (Lipinski definition) is 2. The number of thioether (sulfide) groups is 1. The number of nitrogens with one attached hydrogen (secondary N) is 2. The van der Waals surface area contributed by atoms with Crippen molar-refractivity contribution in [2.24, 2.45) is 0 Å². The second-order valence-corrected chi connectivity index (χ2v) is 7.70. The van der Waals surface area contributed by atoms with Crippen molar-refractivity contribution in [3.8, 4) is 0 Å². The van der Waals surface area contributed by atoms with Crippen molar-refractivity contribution >= 4 is 34.9 Å². The predicted molar refractivity (Wildman–Crippen MR) is 122 cm³/mol. The normalized spacial score (nSPS) is 13.6. The van der Waals surface area contributed by atoms with Gasteiger partial charge in [0, 0.05) is 49.6 Å². The second kappa shape index (κ2) is 10.2. The Labute approximate surface area is 185 Å². The highest BCUT2D eigenvalue weighted by atomic mass is 32.2. The van der Waals surface area contributed by atoms with Gasteiger partial charge in [-0.15, -0.1) is 0 Å². The Balaban J connectivity index is 1.49. The fraction of sp³-hybridized carbons (Fsp3) is 0.273. The maximum absolute atomic E-state index is 12.8. The number of ether oxygens (including phenoxy) is 1. The van der Waals surface area contributed by atoms with Crippen molar-refractivity contribution in [1.29, 1.82) is 0 Å². The van der Waals surface area contributed by atoms with E-state index in [4.69, 9.17) is 4.74 Å². The molecule has 3 aromatic rings. The monoisotopic (exact) mass is 436 g/mol. The number of pyridine rings is 1. The lowest BCUT2D eigenvalue weighted by molar-refractivity contribution is 0.0951. The van der Waals surface area contributed by atoms with Gasteiger partial charge < -0.3 is 20.3 Å². The van der Waals surface area contributed by atoms with Gasteiger partial charge in [-0.1, -0.05) is 11.8 Å². The Kier molecular flexibility index (Phi) is 6.96. The highest BCUT2D eigenvalue weighted by molar-refractivity contribution is 7.98. The summed E-state index contributed by atoms with van der Waals surface area (Å²) >= 11 is 1.43. The van der Waals surface area contributed by atoms with Crippen LogP contribution in [-0.2, 0) is 11.3 Å². The molecule has 160 valence electrons. The van der Waals surface area contributed by atoms with Crippen molar-refractivity contribution in [2.45, 2.75) is 11.7 Å². The molecule has 2 aromatic heterocycles. The topological polar surface area (TPSA) is 92.3 Å². The van der Waals surface area contributed by atoms with Gasteiger partial charge in [-0.3, -0.25) is 9.78 Å². The molecule has 0 unspecified atom stereocenters. The van der Waals surface area contributed by atoms with Gasteiger partial charge in [-0.25, -0.2) is 9.97 Å². The molecular weight excluding hydrogens is 412 g/mol. The average Bonchev–Trinajstić information content (AvgIpc) is 2.84. The third-order valence-electron chi connectivity index (χ3n) is 4.90. The van der Waals surface area contributed by atoms with Gasteiger partial charge >= 0.3 is 0 Å². The first-order valence-corrected chi connectivity index (χ1v) is 11.2. The lowest BCUT2D eigenvalue weighted by atomic mass is 10.2. The molecule has 1 aromatic carbocycles. The molecule has 0 saturated carbocycles. The van der Waals surface area contributed by atoms with Crippen LogP contribution in [0.2, 0.25) is 0 Å². The SMILES string of the molecule is CSc1ncc(C(=O)NCc2ccncc2)c(Nc2ccc(N3CCOCC3)cc2)n1. The number of aromatic nitrogens is 3. The van der Waals surface area contributed by atoms with Crippen molar-refractivity contribution in [3.05, 3.63) is 66.1 Å². The molecule has 0 aliphatic carbocycles. The summed E-state index contributed by atoms with van der Waals surface area (Å²) in [6, 6.07) is 11.8. The number of carbonyl (C=O) groups is 1. The summed E-state index contributed by atoms with van der Waals surface area (Å²) in [5, 5.41) is 6.79. The van der Waals surface area contributed by atoms with Crippen molar-refractivity contribution in [2.75, 3.05) is 42.8 Å². The van der Waals surface area contributed by atoms with E-state index in [1.807, 2.05) is 30.5 Å². The Morgan fingerprint density at radius 2 is 1.87 bits per heavy atom. The smallest absolute Gasteiger partial charge is 0.256 e. The van der Waals surface area contributed by atoms with Crippen LogP contribution >= 0.6 is 11.8 Å². The maximum atomic E-state index is 12.8. The molecule has 3 heterocycles. The summed E-state index contributed by atoms with van der Waals surface area (Å²) in [6.07, 6.45) is 6.86. The van der Waals surface area contributed by atoms with Gasteiger partial charge in [0.2, 0.25) is 0 Å². The van der Waals surface area contributed by atoms with E-state index >= 15 is 0 Å². The molecule has 1 aliphatic heterocycles. The molecule has 2 N–H and O–H groups in total. The van der Waals surface area contributed by atoms with Gasteiger partial charge in [0.1, 0.15) is 11.4 Å². The molecule has 1 fully saturated rings. The van der Waals surface area contributed by atoms with E-state index in [9.17, 15) is 4.79 Å². The van der Waals surface area contributed by atoms with Crippen LogP contribution in [0.3, 0.4) is 0 Å². The number of rotatable bonds is 7. The predicted octanol–water partition coefficient (Wildman–Crippen LogP) is 3.10. The first-order chi connectivity index (χ1) is 15.2. The lowest BCUT2D eigenvalue weighted by Crippen LogP contribution is -2.36. The number of morpholine rings is 1. The molecule has 31 heavy (non-hydrogen) atoms. The summed E-state index contributed by atoms with van der Waals surface area (Å²) in [7, 11) is 0. The van der Waals surface area contributed by atoms with Crippen LogP contribution in [0.4, 0.5) is 17.2 Å². The molecule has 0 atom stereocenters. The number of carbonyl (C=O) groups excluding carboxylic acids is 1. The van der Waals surface area contributed by atoms with E-state index in [0.717, 1.165) is 43.2 Å². The van der Waals surface area contributed by atoms with Crippen molar-refractivity contribution < 1.29 is 9.53 Å². The van der Waals surface area contributed by atoms with Crippen LogP contribution in [0.15, 0.2) is 60.1 Å². The summed E-state index contributed by atoms with van der Waals surface area (Å²) in [4.78, 5) is 27.9. The minimum atomic E-state index is -0.239. The second-order valence-electron chi connectivity index (χ2n) is 6.93. The number of nitrogens with zero attached hydrogens (tertiary/aromatic N) is 4. The average molecular weight is 437 g/mol. The fourth-order valence-corrected chi connectivity index (χ4v) is 3.56. The third kappa shape index (κ3) is 5.50. The zero-order valence-electron chi connectivity index (χ0n) is 17.2. The Morgan fingerprint density at radius 1 is 1.13 bits per heavy atom. The molecule has 0 bridgehead atoms. The molecule has 1 saturated heterocycles. The molecule has 8 nitrogen and oxygen atoms in total. The highest BCUT2D eigenvalue weighted by Gasteiger charge is 2.16. The molecule has 0 radical (unpaired) electrons. The van der Waals surface area contributed by atoms with Crippen LogP contribution in [0.1, 0.15) is 15.9 Å². The van der Waals surface area contributed by atoms with E-state index in [-0.39, 0.29) is 5.91 Å². The number of anilines is 3. The Bertz CT molecular complexity index is 1010. The van der Waals surface area contributed by atoms with Crippen LogP contribution in [0.25, 0.3) is 0 Å². The standard InChI is InChI=1S/C22H24N6O2S/c1-31-22-25-15-19(21(29)24-14-16-6-8-23-9-7-16)20(27-22)26-17-2-4-18(5-3-17)28-10-12-30-13-11-28/h2-9,15H,10-14H2,1H3,(H,24,29)(H,25,26,27). The minimum Gasteiger partial charge on any atom is -0.378 e. The quantitative estimate of drug-likeness (QED) is 0.431.